The van der Waals surface area contributed by atoms with Crippen molar-refractivity contribution in [3.63, 3.8) is 0 Å². The number of hydrogen-bond acceptors (Lipinski definition) is 5. The summed E-state index contributed by atoms with van der Waals surface area (Å²) in [5.41, 5.74) is 1.02. The number of nitrogens with one attached hydrogen (secondary N) is 2. The van der Waals surface area contributed by atoms with E-state index in [0.717, 1.165) is 30.6 Å². The van der Waals surface area contributed by atoms with Crippen LogP contribution in [-0.4, -0.2) is 42.9 Å². The molecule has 2 aromatic rings. The number of sulfonamides is 1. The van der Waals surface area contributed by atoms with Crippen molar-refractivity contribution in [3.05, 3.63) is 47.5 Å². The van der Waals surface area contributed by atoms with Crippen molar-refractivity contribution in [1.82, 2.24) is 4.31 Å². The Kier molecular flexibility index (Phi) is 7.09. The van der Waals surface area contributed by atoms with Gasteiger partial charge in [-0.1, -0.05) is 30.5 Å². The van der Waals surface area contributed by atoms with Crippen LogP contribution in [0.5, 0.6) is 0 Å². The van der Waals surface area contributed by atoms with Crippen LogP contribution in [0.1, 0.15) is 32.1 Å². The molecular weight excluding hydrogens is 470 g/mol. The Hall–Kier alpha value is -2.07. The van der Waals surface area contributed by atoms with Crippen LogP contribution in [0.15, 0.2) is 52.3 Å². The number of fused-ring (bicyclic) bond motifs is 1. The van der Waals surface area contributed by atoms with Crippen molar-refractivity contribution < 1.29 is 18.0 Å². The maximum Gasteiger partial charge on any atom is 0.243 e. The molecule has 2 aromatic carbocycles. The van der Waals surface area contributed by atoms with Gasteiger partial charge in [-0.05, 0) is 49.2 Å². The molecule has 170 valence electrons. The van der Waals surface area contributed by atoms with Crippen LogP contribution < -0.4 is 10.6 Å². The normalized spacial score (nSPS) is 19.5. The van der Waals surface area contributed by atoms with E-state index < -0.39 is 15.3 Å². The summed E-state index contributed by atoms with van der Waals surface area (Å²) in [5, 5.41) is 5.45. The Morgan fingerprint density at radius 3 is 2.62 bits per heavy atom. The maximum absolute atomic E-state index is 13.0. The van der Waals surface area contributed by atoms with Gasteiger partial charge < -0.3 is 10.6 Å². The molecule has 0 radical (unpaired) electrons. The average Bonchev–Trinajstić information content (AvgIpc) is 3.05. The van der Waals surface area contributed by atoms with Crippen molar-refractivity contribution >= 4 is 56.6 Å². The summed E-state index contributed by atoms with van der Waals surface area (Å²) < 4.78 is 27.6. The summed E-state index contributed by atoms with van der Waals surface area (Å²) in [6.07, 6.45) is 3.73. The van der Waals surface area contributed by atoms with Crippen LogP contribution in [0, 0.1) is 0 Å². The molecule has 2 amide bonds. The molecular formula is C22H24ClN3O4S2. The van der Waals surface area contributed by atoms with Crippen LogP contribution in [-0.2, 0) is 19.6 Å². The molecule has 0 aromatic heterocycles. The predicted octanol–water partition coefficient (Wildman–Crippen LogP) is 4.35. The minimum Gasteiger partial charge on any atom is -0.326 e. The molecule has 1 fully saturated rings. The van der Waals surface area contributed by atoms with E-state index >= 15 is 0 Å². The zero-order chi connectivity index (χ0) is 22.7. The molecule has 4 rings (SSSR count). The summed E-state index contributed by atoms with van der Waals surface area (Å²) in [6.45, 7) is 1.03. The summed E-state index contributed by atoms with van der Waals surface area (Å²) >= 11 is 7.27. The highest BCUT2D eigenvalue weighted by Crippen LogP contribution is 2.38. The van der Waals surface area contributed by atoms with Gasteiger partial charge in [-0.2, -0.15) is 4.31 Å². The van der Waals surface area contributed by atoms with E-state index in [1.54, 1.807) is 30.3 Å². The lowest BCUT2D eigenvalue weighted by molar-refractivity contribution is -0.120. The zero-order valence-electron chi connectivity index (χ0n) is 17.3. The Morgan fingerprint density at radius 1 is 1.12 bits per heavy atom. The molecule has 0 aliphatic carbocycles. The third kappa shape index (κ3) is 5.28. The average molecular weight is 494 g/mol. The van der Waals surface area contributed by atoms with Crippen LogP contribution in [0.25, 0.3) is 0 Å². The van der Waals surface area contributed by atoms with Gasteiger partial charge in [0, 0.05) is 35.1 Å². The number of benzene rings is 2. The third-order valence-corrected chi connectivity index (χ3v) is 8.86. The summed E-state index contributed by atoms with van der Waals surface area (Å²) in [5.74, 6) is -0.628. The first-order chi connectivity index (χ1) is 15.3. The van der Waals surface area contributed by atoms with Gasteiger partial charge in [0.05, 0.1) is 15.8 Å². The van der Waals surface area contributed by atoms with Crippen molar-refractivity contribution in [2.75, 3.05) is 23.7 Å². The molecule has 0 saturated carbocycles. The fourth-order valence-corrected chi connectivity index (χ4v) is 6.63. The van der Waals surface area contributed by atoms with Crippen molar-refractivity contribution in [3.8, 4) is 0 Å². The zero-order valence-corrected chi connectivity index (χ0v) is 19.7. The second kappa shape index (κ2) is 9.82. The summed E-state index contributed by atoms with van der Waals surface area (Å²) in [6, 6.07) is 11.5. The number of thioether (sulfide) groups is 1. The number of nitrogens with zero attached hydrogens (tertiary/aromatic N) is 1. The van der Waals surface area contributed by atoms with E-state index in [-0.39, 0.29) is 23.1 Å². The van der Waals surface area contributed by atoms with Crippen molar-refractivity contribution in [1.29, 1.82) is 0 Å². The number of amides is 2. The quantitative estimate of drug-likeness (QED) is 0.645. The third-order valence-electron chi connectivity index (χ3n) is 5.45. The van der Waals surface area contributed by atoms with Crippen molar-refractivity contribution in [2.45, 2.75) is 47.1 Å². The first kappa shape index (κ1) is 23.1. The Morgan fingerprint density at radius 2 is 1.88 bits per heavy atom. The first-order valence-corrected chi connectivity index (χ1v) is 13.2. The van der Waals surface area contributed by atoms with Crippen LogP contribution in [0.3, 0.4) is 0 Å². The molecule has 7 nitrogen and oxygen atoms in total. The molecule has 2 aliphatic heterocycles. The Labute approximate surface area is 196 Å². The van der Waals surface area contributed by atoms with Gasteiger partial charge in [0.25, 0.3) is 0 Å². The second-order valence-electron chi connectivity index (χ2n) is 7.83. The number of carbonyl (C=O) groups is 2. The molecule has 2 N–H and O–H groups in total. The Bertz CT molecular complexity index is 1130. The van der Waals surface area contributed by atoms with Gasteiger partial charge in [-0.25, -0.2) is 8.42 Å². The second-order valence-corrected chi connectivity index (χ2v) is 11.5. The van der Waals surface area contributed by atoms with Gasteiger partial charge in [0.1, 0.15) is 0 Å². The van der Waals surface area contributed by atoms with Crippen molar-refractivity contribution in [2.24, 2.45) is 0 Å². The van der Waals surface area contributed by atoms with E-state index in [1.165, 1.54) is 22.1 Å². The van der Waals surface area contributed by atoms with Gasteiger partial charge in [-0.15, -0.1) is 11.8 Å². The fraction of sp³-hybridized carbons (Fsp3) is 0.364. The molecule has 1 saturated heterocycles. The number of halogens is 1. The fourth-order valence-electron chi connectivity index (χ4n) is 3.80. The molecule has 2 heterocycles. The monoisotopic (exact) mass is 493 g/mol. The van der Waals surface area contributed by atoms with E-state index in [9.17, 15) is 18.0 Å². The van der Waals surface area contributed by atoms with E-state index in [2.05, 4.69) is 10.6 Å². The van der Waals surface area contributed by atoms with Gasteiger partial charge in [-0.3, -0.25) is 9.59 Å². The number of hydrogen-bond donors (Lipinski definition) is 2. The SMILES string of the molecule is O=C(CC1Sc2ccc(Cl)cc2NC1=O)Nc1cccc(S(=O)(=O)N2CCCCCC2)c1. The molecule has 0 bridgehead atoms. The lowest BCUT2D eigenvalue weighted by Gasteiger charge is -2.24. The van der Waals surface area contributed by atoms with E-state index in [0.29, 0.717) is 29.5 Å². The molecule has 2 aliphatic rings. The van der Waals surface area contributed by atoms with E-state index in [4.69, 9.17) is 11.6 Å². The largest absolute Gasteiger partial charge is 0.326 e. The summed E-state index contributed by atoms with van der Waals surface area (Å²) in [4.78, 5) is 26.0. The van der Waals surface area contributed by atoms with Crippen LogP contribution >= 0.6 is 23.4 Å². The highest BCUT2D eigenvalue weighted by molar-refractivity contribution is 8.01. The molecule has 10 heteroatoms. The minimum atomic E-state index is -3.61. The topological polar surface area (TPSA) is 95.6 Å². The smallest absolute Gasteiger partial charge is 0.243 e. The van der Waals surface area contributed by atoms with Gasteiger partial charge >= 0.3 is 0 Å². The number of carbonyl (C=O) groups excluding carboxylic acids is 2. The molecule has 32 heavy (non-hydrogen) atoms. The van der Waals surface area contributed by atoms with Gasteiger partial charge in [0.15, 0.2) is 0 Å². The maximum atomic E-state index is 13.0. The lowest BCUT2D eigenvalue weighted by atomic mass is 10.2. The Balaban J connectivity index is 1.43. The highest BCUT2D eigenvalue weighted by Gasteiger charge is 2.30. The standard InChI is InChI=1S/C22H24ClN3O4S2/c23-15-8-9-19-18(12-15)25-22(28)20(31-19)14-21(27)24-16-6-5-7-17(13-16)32(29,30)26-10-3-1-2-4-11-26/h5-9,12-13,20H,1-4,10-11,14H2,(H,24,27)(H,25,28). The van der Waals surface area contributed by atoms with Crippen LogP contribution in [0.4, 0.5) is 11.4 Å². The number of rotatable bonds is 5. The van der Waals surface area contributed by atoms with Gasteiger partial charge in [0.2, 0.25) is 21.8 Å². The molecule has 1 unspecified atom stereocenters. The molecule has 1 atom stereocenters. The number of anilines is 2. The van der Waals surface area contributed by atoms with E-state index in [1.807, 2.05) is 6.07 Å². The predicted molar refractivity (Wildman–Crippen MR) is 127 cm³/mol. The molecule has 0 spiro atoms. The van der Waals surface area contributed by atoms with Crippen LogP contribution in [0.2, 0.25) is 5.02 Å². The highest BCUT2D eigenvalue weighted by atomic mass is 35.5. The minimum absolute atomic E-state index is 0.0400. The first-order valence-electron chi connectivity index (χ1n) is 10.5. The lowest BCUT2D eigenvalue weighted by Crippen LogP contribution is -2.33. The summed E-state index contributed by atoms with van der Waals surface area (Å²) in [7, 11) is -3.61.